The van der Waals surface area contributed by atoms with Crippen LogP contribution in [0.1, 0.15) is 0 Å². The molecule has 0 radical (unpaired) electrons. The number of aromatic nitrogens is 4. The van der Waals surface area contributed by atoms with Gasteiger partial charge in [0.25, 0.3) is 0 Å². The van der Waals surface area contributed by atoms with Crippen molar-refractivity contribution in [3.63, 3.8) is 0 Å². The average molecular weight is 843 g/mol. The summed E-state index contributed by atoms with van der Waals surface area (Å²) in [5.41, 5.74) is 12.9. The average Bonchev–Trinajstić information content (AvgIpc) is 3.76. The molecule has 0 spiro atoms. The van der Waals surface area contributed by atoms with Gasteiger partial charge in [-0.05, 0) is 6.07 Å². The van der Waals surface area contributed by atoms with Crippen molar-refractivity contribution in [3.05, 3.63) is 211 Å². The van der Waals surface area contributed by atoms with Crippen molar-refractivity contribution in [2.45, 2.75) is 0 Å². The van der Waals surface area contributed by atoms with Crippen LogP contribution in [0.25, 0.3) is 83.6 Å². The van der Waals surface area contributed by atoms with Crippen LogP contribution in [0.4, 0.5) is 0 Å². The summed E-state index contributed by atoms with van der Waals surface area (Å²) in [7, 11) is 0. The van der Waals surface area contributed by atoms with Crippen LogP contribution in [-0.2, 0) is 0 Å². The van der Waals surface area contributed by atoms with Gasteiger partial charge in [0, 0.05) is 11.1 Å². The second-order valence-corrected chi connectivity index (χ2v) is 21.7. The molecule has 10 aromatic rings. The molecule has 0 saturated heterocycles. The topological polar surface area (TPSA) is 43.6 Å². The summed E-state index contributed by atoms with van der Waals surface area (Å²) in [5.74, 6) is 0.688. The van der Waals surface area contributed by atoms with Gasteiger partial charge in [-0.1, -0.05) is 66.7 Å². The molecule has 4 nitrogen and oxygen atoms in total. The summed E-state index contributed by atoms with van der Waals surface area (Å²) in [5, 5.41) is 2.39. The van der Waals surface area contributed by atoms with Crippen LogP contribution in [-0.4, -0.2) is 24.0 Å². The van der Waals surface area contributed by atoms with E-state index < -0.39 is 18.0 Å². The van der Waals surface area contributed by atoms with Crippen molar-refractivity contribution in [2.75, 3.05) is 0 Å². The number of benzene rings is 7. The van der Waals surface area contributed by atoms with Crippen LogP contribution in [0.2, 0.25) is 0 Å². The molecule has 1 unspecified atom stereocenters. The Morgan fingerprint density at radius 1 is 0.439 bits per heavy atom. The van der Waals surface area contributed by atoms with Crippen LogP contribution >= 0.6 is 18.0 Å². The SMILES string of the molecule is C=I1(c2ccccc2)c2ccccc2-c2cc(-c3ccc4c(c3)c3ccccc3n4-c3cccc(-c4nc(-c5ccccc5)cc(-c5ccccc5)n4)c3)cnc21. The summed E-state index contributed by atoms with van der Waals surface area (Å²) >= 11 is -3.05. The van der Waals surface area contributed by atoms with Crippen LogP contribution in [0.3, 0.4) is 0 Å². The maximum atomic E-state index is 5.26. The number of fused-ring (bicyclic) bond motifs is 6. The van der Waals surface area contributed by atoms with Crippen molar-refractivity contribution in [2.24, 2.45) is 0 Å². The van der Waals surface area contributed by atoms with Gasteiger partial charge in [-0.3, -0.25) is 0 Å². The summed E-state index contributed by atoms with van der Waals surface area (Å²) in [6.45, 7) is 0. The van der Waals surface area contributed by atoms with Gasteiger partial charge in [-0.2, -0.15) is 0 Å². The van der Waals surface area contributed by atoms with E-state index in [1.807, 2.05) is 12.1 Å². The molecule has 0 N–H and O–H groups in total. The number of hydrogen-bond donors (Lipinski definition) is 0. The predicted molar refractivity (Wildman–Crippen MR) is 245 cm³/mol. The number of pyridine rings is 1. The third kappa shape index (κ3) is 5.49. The minimum absolute atomic E-state index is 0.688. The Bertz CT molecular complexity index is 3150. The molecule has 5 heteroatoms. The third-order valence-electron chi connectivity index (χ3n) is 11.0. The molecule has 3 aromatic heterocycles. The van der Waals surface area contributed by atoms with Gasteiger partial charge in [0.2, 0.25) is 0 Å². The van der Waals surface area contributed by atoms with Gasteiger partial charge in [0.05, 0.1) is 11.4 Å². The molecule has 0 aliphatic carbocycles. The van der Waals surface area contributed by atoms with Crippen molar-refractivity contribution in [1.29, 1.82) is 0 Å². The Balaban J connectivity index is 1.04. The first-order valence-electron chi connectivity index (χ1n) is 19.0. The monoisotopic (exact) mass is 842 g/mol. The number of rotatable bonds is 6. The Morgan fingerprint density at radius 2 is 1.07 bits per heavy atom. The van der Waals surface area contributed by atoms with E-state index in [1.54, 1.807) is 0 Å². The van der Waals surface area contributed by atoms with Gasteiger partial charge >= 0.3 is 226 Å². The molecule has 7 aromatic carbocycles. The van der Waals surface area contributed by atoms with Crippen LogP contribution in [0.5, 0.6) is 0 Å². The summed E-state index contributed by atoms with van der Waals surface area (Å²) in [6, 6.07) is 68.8. The van der Waals surface area contributed by atoms with Crippen molar-refractivity contribution < 1.29 is 0 Å². The predicted octanol–water partition coefficient (Wildman–Crippen LogP) is 13.0. The summed E-state index contributed by atoms with van der Waals surface area (Å²) in [4.78, 5) is 15.5. The first-order chi connectivity index (χ1) is 28.1. The molecule has 1 aliphatic heterocycles. The van der Waals surface area contributed by atoms with Gasteiger partial charge in [-0.15, -0.1) is 0 Å². The number of halogens is 1. The summed E-state index contributed by atoms with van der Waals surface area (Å²) < 4.78 is 11.2. The molecule has 0 fully saturated rings. The van der Waals surface area contributed by atoms with E-state index >= 15 is 0 Å². The molecule has 11 rings (SSSR count). The fourth-order valence-corrected chi connectivity index (χ4v) is 16.1. The molecule has 0 saturated carbocycles. The van der Waals surface area contributed by atoms with Crippen molar-refractivity contribution >= 4 is 44.3 Å². The van der Waals surface area contributed by atoms with E-state index in [2.05, 4.69) is 193 Å². The molecule has 0 bridgehead atoms. The van der Waals surface area contributed by atoms with Crippen LogP contribution in [0, 0.1) is 10.8 Å². The Hall–Kier alpha value is -6.83. The number of hydrogen-bond acceptors (Lipinski definition) is 3. The Kier molecular flexibility index (Phi) is 7.89. The fourth-order valence-electron chi connectivity index (χ4n) is 8.26. The molecule has 0 amide bonds. The van der Waals surface area contributed by atoms with E-state index in [4.69, 9.17) is 19.5 Å². The standard InChI is InChI=1S/C52H35IN4/c1-53(40-21-9-4-10-22-40)46-26-13-11-24-42(46)45-32-39(34-54-51(45)53)37-28-29-50-44(31-37)43-25-12-14-27-49(43)57(50)41-23-15-20-38(30-41)52-55-47(35-16-5-2-6-17-35)33-48(56-52)36-18-7-3-8-19-36/h2-34H,1H2. The van der Waals surface area contributed by atoms with Crippen LogP contribution < -0.4 is 0 Å². The van der Waals surface area contributed by atoms with Crippen LogP contribution in [0.15, 0.2) is 200 Å². The van der Waals surface area contributed by atoms with E-state index in [1.165, 1.54) is 32.7 Å². The zero-order chi connectivity index (χ0) is 37.9. The maximum absolute atomic E-state index is 5.26. The first-order valence-corrected chi connectivity index (χ1v) is 23.8. The van der Waals surface area contributed by atoms with E-state index in [9.17, 15) is 0 Å². The number of nitrogens with zero attached hydrogens (tertiary/aromatic N) is 4. The fraction of sp³-hybridized carbons (Fsp3) is 0. The molecule has 4 heterocycles. The van der Waals surface area contributed by atoms with Crippen molar-refractivity contribution in [1.82, 2.24) is 19.5 Å². The third-order valence-corrected chi connectivity index (χ3v) is 19.4. The Labute approximate surface area is 334 Å². The van der Waals surface area contributed by atoms with E-state index in [0.29, 0.717) is 5.82 Å². The first kappa shape index (κ1) is 33.5. The van der Waals surface area contributed by atoms with E-state index in [-0.39, 0.29) is 0 Å². The van der Waals surface area contributed by atoms with Crippen molar-refractivity contribution in [3.8, 4) is 61.8 Å². The zero-order valence-corrected chi connectivity index (χ0v) is 33.1. The molecule has 1 aliphatic rings. The zero-order valence-electron chi connectivity index (χ0n) is 30.9. The Morgan fingerprint density at radius 3 is 1.82 bits per heavy atom. The number of para-hydroxylation sites is 1. The second kappa shape index (κ2) is 13.4. The molecule has 1 atom stereocenters. The van der Waals surface area contributed by atoms with E-state index in [0.717, 1.165) is 55.9 Å². The minimum atomic E-state index is -3.05. The molecular formula is C52H35IN4. The van der Waals surface area contributed by atoms with Gasteiger partial charge in [-0.25, -0.2) is 9.97 Å². The van der Waals surface area contributed by atoms with Gasteiger partial charge < -0.3 is 0 Å². The quantitative estimate of drug-likeness (QED) is 0.124. The van der Waals surface area contributed by atoms with Gasteiger partial charge in [0.1, 0.15) is 0 Å². The summed E-state index contributed by atoms with van der Waals surface area (Å²) in [6.07, 6.45) is 2.06. The van der Waals surface area contributed by atoms with Gasteiger partial charge in [0.15, 0.2) is 5.82 Å². The molecule has 57 heavy (non-hydrogen) atoms. The normalized spacial score (nSPS) is 15.6. The molecule has 270 valence electrons. The second-order valence-electron chi connectivity index (χ2n) is 14.4. The molecular weight excluding hydrogens is 808 g/mol.